The average Bonchev–Trinajstić information content (AvgIpc) is 2.97. The Kier molecular flexibility index (Phi) is 5.18. The van der Waals surface area contributed by atoms with Crippen molar-refractivity contribution in [3.05, 3.63) is 65.2 Å². The minimum Gasteiger partial charge on any atom is -0.283 e. The van der Waals surface area contributed by atoms with Gasteiger partial charge >= 0.3 is 0 Å². The Morgan fingerprint density at radius 3 is 2.76 bits per heavy atom. The van der Waals surface area contributed by atoms with Crippen LogP contribution >= 0.6 is 11.8 Å². The van der Waals surface area contributed by atoms with Crippen LogP contribution in [-0.4, -0.2) is 27.8 Å². The number of aryl methyl sites for hydroxylation is 1. The number of nitrogens with zero attached hydrogens (tertiary/aromatic N) is 2. The summed E-state index contributed by atoms with van der Waals surface area (Å²) in [6, 6.07) is 10.6. The van der Waals surface area contributed by atoms with Gasteiger partial charge in [0.2, 0.25) is 0 Å². The van der Waals surface area contributed by atoms with E-state index in [1.54, 1.807) is 0 Å². The number of carbonyl (C=O) groups is 1. The molecule has 1 saturated heterocycles. The van der Waals surface area contributed by atoms with Crippen LogP contribution in [0, 0.1) is 18.6 Å². The maximum Gasteiger partial charge on any atom is 0.263 e. The Balaban J connectivity index is 1.98. The van der Waals surface area contributed by atoms with E-state index >= 15 is 0 Å². The number of thioether (sulfide) groups is 1. The average molecular weight is 360 g/mol. The molecule has 0 saturated carbocycles. The van der Waals surface area contributed by atoms with Crippen molar-refractivity contribution in [2.75, 3.05) is 5.75 Å². The number of halogens is 2. The summed E-state index contributed by atoms with van der Waals surface area (Å²) >= 11 is 1.47. The van der Waals surface area contributed by atoms with Crippen molar-refractivity contribution in [1.29, 1.82) is 0 Å². The van der Waals surface area contributed by atoms with Gasteiger partial charge in [-0.3, -0.25) is 9.69 Å². The van der Waals surface area contributed by atoms with Crippen LogP contribution < -0.4 is 0 Å². The molecule has 25 heavy (non-hydrogen) atoms. The van der Waals surface area contributed by atoms with Crippen molar-refractivity contribution in [3.63, 3.8) is 0 Å². The standard InChI is InChI=1S/C19H18F2N2OS/c1-3-15-11-25-19(22-14-6-4-5-12(2)9-14)23(15)18(24)16-8-7-13(20)10-17(16)21/h4-10,15H,3,11H2,1-2H3/t15-/m0/s1. The summed E-state index contributed by atoms with van der Waals surface area (Å²) in [6.07, 6.45) is 0.731. The highest BCUT2D eigenvalue weighted by molar-refractivity contribution is 8.14. The molecule has 6 heteroatoms. The maximum absolute atomic E-state index is 14.1. The first kappa shape index (κ1) is 17.6. The third kappa shape index (κ3) is 3.74. The van der Waals surface area contributed by atoms with Crippen LogP contribution in [0.1, 0.15) is 29.3 Å². The summed E-state index contributed by atoms with van der Waals surface area (Å²) in [4.78, 5) is 19.0. The molecule has 3 nitrogen and oxygen atoms in total. The Labute approximate surface area is 149 Å². The number of hydrogen-bond acceptors (Lipinski definition) is 3. The summed E-state index contributed by atoms with van der Waals surface area (Å²) in [5, 5.41) is 0.547. The smallest absolute Gasteiger partial charge is 0.263 e. The number of amidine groups is 1. The van der Waals surface area contributed by atoms with E-state index < -0.39 is 17.5 Å². The molecule has 0 spiro atoms. The monoisotopic (exact) mass is 360 g/mol. The van der Waals surface area contributed by atoms with Crippen LogP contribution in [0.4, 0.5) is 14.5 Å². The van der Waals surface area contributed by atoms with Gasteiger partial charge in [-0.15, -0.1) is 0 Å². The highest BCUT2D eigenvalue weighted by atomic mass is 32.2. The van der Waals surface area contributed by atoms with E-state index in [4.69, 9.17) is 0 Å². The second kappa shape index (κ2) is 7.35. The summed E-state index contributed by atoms with van der Waals surface area (Å²) < 4.78 is 27.2. The molecule has 0 aliphatic carbocycles. The lowest BCUT2D eigenvalue weighted by molar-refractivity contribution is 0.0814. The van der Waals surface area contributed by atoms with Crippen LogP contribution in [0.15, 0.2) is 47.5 Å². The van der Waals surface area contributed by atoms with Gasteiger partial charge in [0.15, 0.2) is 5.17 Å². The third-order valence-corrected chi connectivity index (χ3v) is 5.15. The second-order valence-corrected chi connectivity index (χ2v) is 6.89. The predicted octanol–water partition coefficient (Wildman–Crippen LogP) is 4.93. The second-order valence-electron chi connectivity index (χ2n) is 5.91. The van der Waals surface area contributed by atoms with Crippen molar-refractivity contribution in [3.8, 4) is 0 Å². The van der Waals surface area contributed by atoms with Crippen LogP contribution in [0.25, 0.3) is 0 Å². The lowest BCUT2D eigenvalue weighted by Crippen LogP contribution is -2.39. The van der Waals surface area contributed by atoms with E-state index in [1.807, 2.05) is 38.1 Å². The van der Waals surface area contributed by atoms with Crippen molar-refractivity contribution >= 4 is 28.5 Å². The van der Waals surface area contributed by atoms with Crippen LogP contribution in [0.3, 0.4) is 0 Å². The van der Waals surface area contributed by atoms with Crippen molar-refractivity contribution in [2.24, 2.45) is 4.99 Å². The Morgan fingerprint density at radius 1 is 1.28 bits per heavy atom. The summed E-state index contributed by atoms with van der Waals surface area (Å²) in [7, 11) is 0. The highest BCUT2D eigenvalue weighted by Gasteiger charge is 2.35. The van der Waals surface area contributed by atoms with E-state index in [-0.39, 0.29) is 11.6 Å². The molecule has 2 aromatic rings. The van der Waals surface area contributed by atoms with E-state index in [1.165, 1.54) is 22.7 Å². The molecular formula is C19H18F2N2OS. The fourth-order valence-corrected chi connectivity index (χ4v) is 3.98. The lowest BCUT2D eigenvalue weighted by Gasteiger charge is -2.23. The molecule has 0 N–H and O–H groups in total. The molecule has 130 valence electrons. The van der Waals surface area contributed by atoms with Crippen molar-refractivity contribution in [2.45, 2.75) is 26.3 Å². The maximum atomic E-state index is 14.1. The fraction of sp³-hybridized carbons (Fsp3) is 0.263. The lowest BCUT2D eigenvalue weighted by atomic mass is 10.1. The zero-order valence-corrected chi connectivity index (χ0v) is 14.8. The molecule has 2 aromatic carbocycles. The van der Waals surface area contributed by atoms with Gasteiger partial charge in [0.05, 0.1) is 11.3 Å². The van der Waals surface area contributed by atoms with E-state index in [0.29, 0.717) is 10.9 Å². The Hall–Kier alpha value is -2.21. The van der Waals surface area contributed by atoms with E-state index in [9.17, 15) is 13.6 Å². The zero-order chi connectivity index (χ0) is 18.0. The number of rotatable bonds is 3. The highest BCUT2D eigenvalue weighted by Crippen LogP contribution is 2.31. The topological polar surface area (TPSA) is 32.7 Å². The fourth-order valence-electron chi connectivity index (χ4n) is 2.71. The molecule has 3 rings (SSSR count). The molecule has 1 aliphatic rings. The minimum atomic E-state index is -0.855. The molecule has 1 heterocycles. The predicted molar refractivity (Wildman–Crippen MR) is 97.3 cm³/mol. The molecule has 1 atom stereocenters. The molecule has 1 aliphatic heterocycles. The molecule has 0 bridgehead atoms. The first-order valence-corrected chi connectivity index (χ1v) is 9.05. The van der Waals surface area contributed by atoms with Crippen LogP contribution in [-0.2, 0) is 0 Å². The van der Waals surface area contributed by atoms with Crippen LogP contribution in [0.5, 0.6) is 0 Å². The van der Waals surface area contributed by atoms with Gasteiger partial charge < -0.3 is 0 Å². The summed E-state index contributed by atoms with van der Waals surface area (Å²) in [5.74, 6) is -1.34. The van der Waals surface area contributed by atoms with Gasteiger partial charge in [-0.05, 0) is 43.2 Å². The van der Waals surface area contributed by atoms with Crippen molar-refractivity contribution in [1.82, 2.24) is 4.90 Å². The number of amides is 1. The first-order valence-electron chi connectivity index (χ1n) is 8.06. The SMILES string of the molecule is CC[C@H]1CSC(=Nc2cccc(C)c2)N1C(=O)c1ccc(F)cc1F. The molecule has 0 radical (unpaired) electrons. The quantitative estimate of drug-likeness (QED) is 0.778. The number of carbonyl (C=O) groups excluding carboxylic acids is 1. The molecular weight excluding hydrogens is 342 g/mol. The largest absolute Gasteiger partial charge is 0.283 e. The number of hydrogen-bond donors (Lipinski definition) is 0. The number of aliphatic imine (C=N–C) groups is 1. The van der Waals surface area contributed by atoms with Gasteiger partial charge in [0.25, 0.3) is 5.91 Å². The third-order valence-electron chi connectivity index (χ3n) is 4.05. The number of benzene rings is 2. The Bertz CT molecular complexity index is 838. The van der Waals surface area contributed by atoms with E-state index in [0.717, 1.165) is 29.8 Å². The summed E-state index contributed by atoms with van der Waals surface area (Å²) in [6.45, 7) is 3.94. The van der Waals surface area contributed by atoms with Gasteiger partial charge in [-0.25, -0.2) is 13.8 Å². The summed E-state index contributed by atoms with van der Waals surface area (Å²) in [5.41, 5.74) is 1.68. The molecule has 1 amide bonds. The van der Waals surface area contributed by atoms with Gasteiger partial charge in [-0.1, -0.05) is 30.8 Å². The zero-order valence-electron chi connectivity index (χ0n) is 14.0. The molecule has 0 unspecified atom stereocenters. The normalized spacial score (nSPS) is 18.8. The van der Waals surface area contributed by atoms with Gasteiger partial charge in [0, 0.05) is 17.9 Å². The molecule has 0 aromatic heterocycles. The first-order chi connectivity index (χ1) is 12.0. The van der Waals surface area contributed by atoms with Crippen molar-refractivity contribution < 1.29 is 13.6 Å². The van der Waals surface area contributed by atoms with E-state index in [2.05, 4.69) is 4.99 Å². The Morgan fingerprint density at radius 2 is 2.08 bits per heavy atom. The molecule has 1 fully saturated rings. The minimum absolute atomic E-state index is 0.0643. The van der Waals surface area contributed by atoms with Gasteiger partial charge in [-0.2, -0.15) is 0 Å². The van der Waals surface area contributed by atoms with Gasteiger partial charge in [0.1, 0.15) is 11.6 Å². The van der Waals surface area contributed by atoms with Crippen LogP contribution in [0.2, 0.25) is 0 Å².